The lowest BCUT2D eigenvalue weighted by Crippen LogP contribution is -1.92. The number of hydrogen-bond acceptors (Lipinski definition) is 4. The molecular weight excluding hydrogens is 299 g/mol. The zero-order valence-electron chi connectivity index (χ0n) is 10.9. The van der Waals surface area contributed by atoms with Gasteiger partial charge in [-0.05, 0) is 23.8 Å². The predicted octanol–water partition coefficient (Wildman–Crippen LogP) is 4.16. The van der Waals surface area contributed by atoms with Crippen LogP contribution in [0.3, 0.4) is 0 Å². The zero-order chi connectivity index (χ0) is 14.5. The van der Waals surface area contributed by atoms with Crippen LogP contribution in [0.1, 0.15) is 5.56 Å². The molecule has 0 bridgehead atoms. The van der Waals surface area contributed by atoms with E-state index in [0.717, 1.165) is 5.56 Å². The number of methoxy groups -OCH3 is 2. The molecule has 0 aliphatic rings. The van der Waals surface area contributed by atoms with Gasteiger partial charge in [0.2, 0.25) is 0 Å². The molecule has 0 radical (unpaired) electrons. The van der Waals surface area contributed by atoms with Crippen molar-refractivity contribution in [2.45, 2.75) is 0 Å². The Balaban J connectivity index is 2.32. The Labute approximate surface area is 127 Å². The number of pyridine rings is 1. The number of halogens is 2. The van der Waals surface area contributed by atoms with Crippen molar-refractivity contribution in [1.29, 1.82) is 0 Å². The molecule has 2 aromatic rings. The molecule has 0 saturated carbocycles. The van der Waals surface area contributed by atoms with Gasteiger partial charge in [0.15, 0.2) is 11.5 Å². The number of rotatable bonds is 4. The van der Waals surface area contributed by atoms with E-state index < -0.39 is 0 Å². The number of ether oxygens (including phenoxy) is 2. The minimum absolute atomic E-state index is 0.397. The second-order valence-corrected chi connectivity index (χ2v) is 4.64. The Bertz CT molecular complexity index is 625. The third-order valence-electron chi connectivity index (χ3n) is 2.58. The van der Waals surface area contributed by atoms with Crippen LogP contribution in [0.5, 0.6) is 11.5 Å². The van der Waals surface area contributed by atoms with E-state index in [9.17, 15) is 0 Å². The molecule has 0 aliphatic heterocycles. The second kappa shape index (κ2) is 6.59. The van der Waals surface area contributed by atoms with Gasteiger partial charge in [-0.1, -0.05) is 23.2 Å². The molecule has 1 heterocycles. The molecule has 0 amide bonds. The van der Waals surface area contributed by atoms with Crippen molar-refractivity contribution in [3.63, 3.8) is 0 Å². The van der Waals surface area contributed by atoms with E-state index in [-0.39, 0.29) is 0 Å². The van der Waals surface area contributed by atoms with Gasteiger partial charge in [-0.25, -0.2) is 0 Å². The molecule has 0 atom stereocenters. The van der Waals surface area contributed by atoms with E-state index in [1.54, 1.807) is 26.5 Å². The Morgan fingerprint density at radius 2 is 1.70 bits per heavy atom. The Kier molecular flexibility index (Phi) is 4.82. The highest BCUT2D eigenvalue weighted by molar-refractivity contribution is 6.38. The molecule has 0 N–H and O–H groups in total. The van der Waals surface area contributed by atoms with Crippen LogP contribution in [-0.4, -0.2) is 25.4 Å². The number of aliphatic imine (C=N–C) groups is 1. The molecule has 0 spiro atoms. The van der Waals surface area contributed by atoms with Crippen LogP contribution in [0.4, 0.5) is 5.69 Å². The quantitative estimate of drug-likeness (QED) is 0.797. The molecule has 0 unspecified atom stereocenters. The molecule has 0 saturated heterocycles. The topological polar surface area (TPSA) is 43.7 Å². The van der Waals surface area contributed by atoms with E-state index in [4.69, 9.17) is 32.7 Å². The van der Waals surface area contributed by atoms with E-state index >= 15 is 0 Å². The van der Waals surface area contributed by atoms with Crippen molar-refractivity contribution in [2.24, 2.45) is 4.99 Å². The van der Waals surface area contributed by atoms with E-state index in [2.05, 4.69) is 9.98 Å². The maximum absolute atomic E-state index is 6.00. The van der Waals surface area contributed by atoms with Gasteiger partial charge in [0.1, 0.15) is 5.69 Å². The summed E-state index contributed by atoms with van der Waals surface area (Å²) in [4.78, 5) is 8.16. The van der Waals surface area contributed by atoms with Crippen LogP contribution in [0.2, 0.25) is 10.0 Å². The lowest BCUT2D eigenvalue weighted by molar-refractivity contribution is 0.355. The molecule has 2 rings (SSSR count). The minimum Gasteiger partial charge on any atom is -0.493 e. The number of benzene rings is 1. The molecule has 1 aromatic heterocycles. The highest BCUT2D eigenvalue weighted by atomic mass is 35.5. The first kappa shape index (κ1) is 14.6. The summed E-state index contributed by atoms with van der Waals surface area (Å²) in [6.45, 7) is 0. The summed E-state index contributed by atoms with van der Waals surface area (Å²) in [7, 11) is 3.16. The third kappa shape index (κ3) is 3.21. The minimum atomic E-state index is 0.397. The first-order chi connectivity index (χ1) is 9.65. The molecule has 0 fully saturated rings. The van der Waals surface area contributed by atoms with Gasteiger partial charge >= 0.3 is 0 Å². The first-order valence-electron chi connectivity index (χ1n) is 5.70. The predicted molar refractivity (Wildman–Crippen MR) is 81.1 cm³/mol. The Morgan fingerprint density at radius 1 is 1.05 bits per heavy atom. The van der Waals surface area contributed by atoms with E-state index in [1.165, 1.54) is 12.4 Å². The molecule has 1 aromatic carbocycles. The summed E-state index contributed by atoms with van der Waals surface area (Å²) < 4.78 is 10.4. The third-order valence-corrected chi connectivity index (χ3v) is 3.13. The summed E-state index contributed by atoms with van der Waals surface area (Å²) in [6, 6.07) is 5.47. The maximum atomic E-state index is 6.00. The lowest BCUT2D eigenvalue weighted by Gasteiger charge is -2.07. The first-order valence-corrected chi connectivity index (χ1v) is 6.46. The Hall–Kier alpha value is -1.78. The molecule has 104 valence electrons. The van der Waals surface area contributed by atoms with Crippen molar-refractivity contribution >= 4 is 35.1 Å². The SMILES string of the molecule is COc1ccc(/C=N/c2c(Cl)cncc2Cl)cc1OC. The molecule has 4 nitrogen and oxygen atoms in total. The van der Waals surface area contributed by atoms with Crippen LogP contribution in [0.15, 0.2) is 35.6 Å². The fraction of sp³-hybridized carbons (Fsp3) is 0.143. The summed E-state index contributed by atoms with van der Waals surface area (Å²) >= 11 is 12.0. The van der Waals surface area contributed by atoms with Gasteiger partial charge in [0.25, 0.3) is 0 Å². The van der Waals surface area contributed by atoms with Crippen molar-refractivity contribution in [3.8, 4) is 11.5 Å². The lowest BCUT2D eigenvalue weighted by atomic mass is 10.2. The van der Waals surface area contributed by atoms with Gasteiger partial charge in [-0.15, -0.1) is 0 Å². The van der Waals surface area contributed by atoms with Crippen LogP contribution in [0.25, 0.3) is 0 Å². The van der Waals surface area contributed by atoms with Crippen LogP contribution < -0.4 is 9.47 Å². The second-order valence-electron chi connectivity index (χ2n) is 3.82. The smallest absolute Gasteiger partial charge is 0.161 e. The van der Waals surface area contributed by atoms with Gasteiger partial charge in [0.05, 0.1) is 24.3 Å². The normalized spacial score (nSPS) is 10.8. The number of hydrogen-bond donors (Lipinski definition) is 0. The molecule has 0 aliphatic carbocycles. The van der Waals surface area contributed by atoms with Crippen LogP contribution >= 0.6 is 23.2 Å². The summed E-state index contributed by atoms with van der Waals surface area (Å²) in [5.41, 5.74) is 1.32. The zero-order valence-corrected chi connectivity index (χ0v) is 12.4. The van der Waals surface area contributed by atoms with E-state index in [0.29, 0.717) is 27.2 Å². The van der Waals surface area contributed by atoms with Crippen molar-refractivity contribution in [2.75, 3.05) is 14.2 Å². The van der Waals surface area contributed by atoms with Crippen LogP contribution in [-0.2, 0) is 0 Å². The molecular formula is C14H12Cl2N2O2. The van der Waals surface area contributed by atoms with Gasteiger partial charge in [-0.3, -0.25) is 9.98 Å². The fourth-order valence-corrected chi connectivity index (χ4v) is 2.06. The van der Waals surface area contributed by atoms with Gasteiger partial charge in [0, 0.05) is 18.6 Å². The largest absolute Gasteiger partial charge is 0.493 e. The fourth-order valence-electron chi connectivity index (χ4n) is 1.60. The Morgan fingerprint density at radius 3 is 2.30 bits per heavy atom. The van der Waals surface area contributed by atoms with E-state index in [1.807, 2.05) is 12.1 Å². The van der Waals surface area contributed by atoms with Crippen molar-refractivity contribution < 1.29 is 9.47 Å². The van der Waals surface area contributed by atoms with Crippen molar-refractivity contribution in [1.82, 2.24) is 4.98 Å². The molecule has 6 heteroatoms. The number of aromatic nitrogens is 1. The van der Waals surface area contributed by atoms with Crippen LogP contribution in [0, 0.1) is 0 Å². The molecule has 20 heavy (non-hydrogen) atoms. The number of nitrogens with zero attached hydrogens (tertiary/aromatic N) is 2. The maximum Gasteiger partial charge on any atom is 0.161 e. The highest BCUT2D eigenvalue weighted by Gasteiger charge is 2.05. The van der Waals surface area contributed by atoms with Gasteiger partial charge < -0.3 is 9.47 Å². The van der Waals surface area contributed by atoms with Gasteiger partial charge in [-0.2, -0.15) is 0 Å². The summed E-state index contributed by atoms with van der Waals surface area (Å²) in [5.74, 6) is 1.29. The van der Waals surface area contributed by atoms with Crippen molar-refractivity contribution in [3.05, 3.63) is 46.2 Å². The standard InChI is InChI=1S/C14H12Cl2N2O2/c1-19-12-4-3-9(5-13(12)20-2)6-18-14-10(15)7-17-8-11(14)16/h3-8H,1-2H3/b18-6+. The summed E-state index contributed by atoms with van der Waals surface area (Å²) in [5, 5.41) is 0.795. The average Bonchev–Trinajstić information content (AvgIpc) is 2.46. The highest BCUT2D eigenvalue weighted by Crippen LogP contribution is 2.32. The monoisotopic (exact) mass is 310 g/mol. The summed E-state index contributed by atoms with van der Waals surface area (Å²) in [6.07, 6.45) is 4.64. The average molecular weight is 311 g/mol.